The Hall–Kier alpha value is -3.07. The van der Waals surface area contributed by atoms with Crippen LogP contribution in [-0.4, -0.2) is 26.8 Å². The third-order valence-electron chi connectivity index (χ3n) is 4.59. The van der Waals surface area contributed by atoms with Gasteiger partial charge in [-0.25, -0.2) is 8.42 Å². The molecule has 0 saturated heterocycles. The zero-order valence-electron chi connectivity index (χ0n) is 16.1. The van der Waals surface area contributed by atoms with Crippen molar-refractivity contribution in [2.45, 2.75) is 25.2 Å². The van der Waals surface area contributed by atoms with Crippen molar-refractivity contribution >= 4 is 27.5 Å². The first kappa shape index (κ1) is 20.7. The van der Waals surface area contributed by atoms with Gasteiger partial charge in [0.25, 0.3) is 15.9 Å². The van der Waals surface area contributed by atoms with Crippen molar-refractivity contribution in [3.05, 3.63) is 54.1 Å². The molecule has 2 amide bonds. The summed E-state index contributed by atoms with van der Waals surface area (Å²) in [6.07, 6.45) is 0.824. The maximum atomic E-state index is 12.5. The van der Waals surface area contributed by atoms with Gasteiger partial charge in [0.15, 0.2) is 0 Å². The number of rotatable bonds is 7. The molecule has 2 aromatic carbocycles. The Kier molecular flexibility index (Phi) is 6.07. The van der Waals surface area contributed by atoms with Gasteiger partial charge in [0, 0.05) is 17.2 Å². The van der Waals surface area contributed by atoms with E-state index in [1.165, 1.54) is 36.4 Å². The maximum absolute atomic E-state index is 12.5. The first-order valence-corrected chi connectivity index (χ1v) is 10.7. The molecule has 0 heterocycles. The fraction of sp³-hybridized carbons (Fsp3) is 0.300. The second-order valence-electron chi connectivity index (χ2n) is 6.85. The molecule has 0 bridgehead atoms. The molecule has 2 atom stereocenters. The Balaban J connectivity index is 1.59. The van der Waals surface area contributed by atoms with Gasteiger partial charge >= 0.3 is 0 Å². The molecule has 3 rings (SSSR count). The van der Waals surface area contributed by atoms with E-state index in [-0.39, 0.29) is 22.3 Å². The van der Waals surface area contributed by atoms with Gasteiger partial charge in [-0.2, -0.15) is 0 Å². The largest absolute Gasteiger partial charge is 0.494 e. The van der Waals surface area contributed by atoms with E-state index in [1.54, 1.807) is 12.1 Å². The molecule has 0 unspecified atom stereocenters. The van der Waals surface area contributed by atoms with Gasteiger partial charge in [-0.05, 0) is 67.8 Å². The lowest BCUT2D eigenvalue weighted by Crippen LogP contribution is -2.42. The number of amides is 2. The van der Waals surface area contributed by atoms with Crippen LogP contribution in [0.4, 0.5) is 5.69 Å². The number of nitrogens with one attached hydrogen (secondary N) is 3. The van der Waals surface area contributed by atoms with E-state index >= 15 is 0 Å². The summed E-state index contributed by atoms with van der Waals surface area (Å²) in [6, 6.07) is 12.0. The smallest absolute Gasteiger partial charge is 0.269 e. The van der Waals surface area contributed by atoms with Crippen LogP contribution in [0.15, 0.2) is 53.4 Å². The Morgan fingerprint density at radius 1 is 1.03 bits per heavy atom. The van der Waals surface area contributed by atoms with E-state index in [0.717, 1.165) is 6.42 Å². The normalized spacial score (nSPS) is 17.9. The number of hydrogen-bond donors (Lipinski definition) is 3. The number of hydrazine groups is 1. The molecular weight excluding hydrogens is 394 g/mol. The van der Waals surface area contributed by atoms with Gasteiger partial charge in [0.1, 0.15) is 5.75 Å². The number of hydrogen-bond acceptors (Lipinski definition) is 5. The highest BCUT2D eigenvalue weighted by Gasteiger charge is 2.39. The summed E-state index contributed by atoms with van der Waals surface area (Å²) >= 11 is 0. The number of ether oxygens (including phenoxy) is 1. The molecule has 1 aliphatic carbocycles. The summed E-state index contributed by atoms with van der Waals surface area (Å²) in [5.41, 5.74) is 5.36. The third-order valence-corrected chi connectivity index (χ3v) is 5.99. The summed E-state index contributed by atoms with van der Waals surface area (Å²) in [5, 5.41) is 0. The van der Waals surface area contributed by atoms with Crippen LogP contribution in [0.2, 0.25) is 0 Å². The molecule has 2 aromatic rings. The lowest BCUT2D eigenvalue weighted by molar-refractivity contribution is -0.123. The maximum Gasteiger partial charge on any atom is 0.269 e. The van der Waals surface area contributed by atoms with E-state index in [4.69, 9.17) is 4.74 Å². The minimum Gasteiger partial charge on any atom is -0.494 e. The molecule has 9 heteroatoms. The lowest BCUT2D eigenvalue weighted by Gasteiger charge is -2.10. The number of anilines is 1. The molecule has 8 nitrogen and oxygen atoms in total. The summed E-state index contributed by atoms with van der Waals surface area (Å²) in [4.78, 5) is 23.9. The van der Waals surface area contributed by atoms with Crippen molar-refractivity contribution in [2.75, 3.05) is 11.3 Å². The molecule has 154 valence electrons. The zero-order valence-corrected chi connectivity index (χ0v) is 17.0. The Bertz CT molecular complexity index is 988. The van der Waals surface area contributed by atoms with E-state index in [0.29, 0.717) is 24.0 Å². The van der Waals surface area contributed by atoms with Crippen molar-refractivity contribution in [3.8, 4) is 5.75 Å². The van der Waals surface area contributed by atoms with Crippen molar-refractivity contribution < 1.29 is 22.7 Å². The van der Waals surface area contributed by atoms with Crippen molar-refractivity contribution in [2.24, 2.45) is 11.8 Å². The standard InChI is InChI=1S/C20H23N3O5S/c1-3-28-16-8-10-17(11-9-16)29(26,27)23-15-6-4-14(5-7-15)19(24)21-22-20(25)18-12-13(18)2/h4-11,13,18,23H,3,12H2,1-2H3,(H,21,24)(H,22,25)/t13-,18+/m0/s1. The topological polar surface area (TPSA) is 114 Å². The van der Waals surface area contributed by atoms with E-state index in [2.05, 4.69) is 15.6 Å². The fourth-order valence-corrected chi connectivity index (χ4v) is 3.81. The highest BCUT2D eigenvalue weighted by atomic mass is 32.2. The average molecular weight is 417 g/mol. The highest BCUT2D eigenvalue weighted by Crippen LogP contribution is 2.37. The molecule has 0 aromatic heterocycles. The first-order chi connectivity index (χ1) is 13.8. The molecule has 1 aliphatic rings. The Labute approximate surface area is 169 Å². The average Bonchev–Trinajstić information content (AvgIpc) is 3.43. The van der Waals surface area contributed by atoms with Crippen molar-refractivity contribution in [1.29, 1.82) is 0 Å². The van der Waals surface area contributed by atoms with E-state index in [9.17, 15) is 18.0 Å². The number of carbonyl (C=O) groups is 2. The second kappa shape index (κ2) is 8.52. The minimum atomic E-state index is -3.77. The van der Waals surface area contributed by atoms with E-state index < -0.39 is 15.9 Å². The third kappa shape index (κ3) is 5.26. The zero-order chi connectivity index (χ0) is 21.0. The Morgan fingerprint density at radius 3 is 2.21 bits per heavy atom. The highest BCUT2D eigenvalue weighted by molar-refractivity contribution is 7.92. The van der Waals surface area contributed by atoms with Crippen LogP contribution in [0.3, 0.4) is 0 Å². The van der Waals surface area contributed by atoms with Crippen LogP contribution < -0.4 is 20.3 Å². The van der Waals surface area contributed by atoms with Gasteiger partial charge in [0.05, 0.1) is 11.5 Å². The number of benzene rings is 2. The molecule has 0 aliphatic heterocycles. The van der Waals surface area contributed by atoms with Crippen LogP contribution in [-0.2, 0) is 14.8 Å². The van der Waals surface area contributed by atoms with Gasteiger partial charge < -0.3 is 4.74 Å². The minimum absolute atomic E-state index is 0.0466. The molecule has 1 fully saturated rings. The molecule has 1 saturated carbocycles. The fourth-order valence-electron chi connectivity index (χ4n) is 2.76. The number of sulfonamides is 1. The molecule has 0 spiro atoms. The Morgan fingerprint density at radius 2 is 1.66 bits per heavy atom. The summed E-state index contributed by atoms with van der Waals surface area (Å²) in [7, 11) is -3.77. The van der Waals surface area contributed by atoms with Gasteiger partial charge in [-0.1, -0.05) is 6.92 Å². The second-order valence-corrected chi connectivity index (χ2v) is 8.53. The van der Waals surface area contributed by atoms with Crippen LogP contribution >= 0.6 is 0 Å². The quantitative estimate of drug-likeness (QED) is 0.598. The molecular formula is C20H23N3O5S. The van der Waals surface area contributed by atoms with Crippen molar-refractivity contribution in [1.82, 2.24) is 10.9 Å². The van der Waals surface area contributed by atoms with Crippen LogP contribution in [0.5, 0.6) is 5.75 Å². The van der Waals surface area contributed by atoms with Gasteiger partial charge in [-0.15, -0.1) is 0 Å². The van der Waals surface area contributed by atoms with Gasteiger partial charge in [-0.3, -0.25) is 25.2 Å². The number of carbonyl (C=O) groups excluding carboxylic acids is 2. The monoisotopic (exact) mass is 417 g/mol. The van der Waals surface area contributed by atoms with Crippen LogP contribution in [0.25, 0.3) is 0 Å². The van der Waals surface area contributed by atoms with Crippen molar-refractivity contribution in [3.63, 3.8) is 0 Å². The summed E-state index contributed by atoms with van der Waals surface area (Å²) in [6.45, 7) is 4.31. The predicted molar refractivity (Wildman–Crippen MR) is 108 cm³/mol. The lowest BCUT2D eigenvalue weighted by atomic mass is 10.2. The molecule has 0 radical (unpaired) electrons. The summed E-state index contributed by atoms with van der Waals surface area (Å²) < 4.78 is 32.7. The summed E-state index contributed by atoms with van der Waals surface area (Å²) in [5.74, 6) is 0.201. The van der Waals surface area contributed by atoms with Crippen LogP contribution in [0, 0.1) is 11.8 Å². The SMILES string of the molecule is CCOc1ccc(S(=O)(=O)Nc2ccc(C(=O)NNC(=O)[C@@H]3C[C@@H]3C)cc2)cc1. The van der Waals surface area contributed by atoms with Gasteiger partial charge in [0.2, 0.25) is 5.91 Å². The van der Waals surface area contributed by atoms with E-state index in [1.807, 2.05) is 13.8 Å². The molecule has 3 N–H and O–H groups in total. The first-order valence-electron chi connectivity index (χ1n) is 9.26. The van der Waals surface area contributed by atoms with Crippen LogP contribution in [0.1, 0.15) is 30.6 Å². The predicted octanol–water partition coefficient (Wildman–Crippen LogP) is 2.30. The molecule has 29 heavy (non-hydrogen) atoms.